The lowest BCUT2D eigenvalue weighted by atomic mass is 10.0. The van der Waals surface area contributed by atoms with Gasteiger partial charge < -0.3 is 13.7 Å². The van der Waals surface area contributed by atoms with Gasteiger partial charge in [0.25, 0.3) is 0 Å². The minimum Gasteiger partial charge on any atom is -0.309 e. The van der Waals surface area contributed by atoms with E-state index in [2.05, 4.69) is 214 Å². The van der Waals surface area contributed by atoms with Gasteiger partial charge in [0.2, 0.25) is 0 Å². The lowest BCUT2D eigenvalue weighted by Gasteiger charge is -2.12. The van der Waals surface area contributed by atoms with Crippen molar-refractivity contribution in [2.45, 2.75) is 0 Å². The Bertz CT molecular complexity index is 3470. The van der Waals surface area contributed by atoms with Gasteiger partial charge in [0.1, 0.15) is 0 Å². The molecule has 0 N–H and O–H groups in total. The van der Waals surface area contributed by atoms with Gasteiger partial charge in [-0.05, 0) is 94.7 Å². The van der Waals surface area contributed by atoms with Crippen LogP contribution in [0.3, 0.4) is 0 Å². The summed E-state index contributed by atoms with van der Waals surface area (Å²) in [4.78, 5) is 0. The molecule has 9 aromatic carbocycles. The van der Waals surface area contributed by atoms with Crippen molar-refractivity contribution < 1.29 is 0 Å². The molecule has 3 aromatic heterocycles. The first-order valence-corrected chi connectivity index (χ1v) is 18.9. The van der Waals surface area contributed by atoms with Gasteiger partial charge >= 0.3 is 0 Å². The molecule has 0 amide bonds. The Kier molecular flexibility index (Phi) is 6.34. The van der Waals surface area contributed by atoms with E-state index < -0.39 is 0 Å². The molecule has 0 unspecified atom stereocenters. The summed E-state index contributed by atoms with van der Waals surface area (Å²) in [6, 6.07) is 73.3. The van der Waals surface area contributed by atoms with Crippen LogP contribution in [0.25, 0.3) is 104 Å². The number of benzene rings is 9. The molecule has 0 aliphatic heterocycles. The Morgan fingerprint density at radius 3 is 1.33 bits per heavy atom. The van der Waals surface area contributed by atoms with Crippen LogP contribution in [0, 0.1) is 0 Å². The second kappa shape index (κ2) is 11.6. The lowest BCUT2D eigenvalue weighted by molar-refractivity contribution is 1.17. The smallest absolute Gasteiger partial charge is 0.0562 e. The van der Waals surface area contributed by atoms with Crippen LogP contribution in [0.4, 0.5) is 0 Å². The molecule has 12 aromatic rings. The Labute approximate surface area is 317 Å². The van der Waals surface area contributed by atoms with Gasteiger partial charge in [-0.2, -0.15) is 0 Å². The largest absolute Gasteiger partial charge is 0.309 e. The summed E-state index contributed by atoms with van der Waals surface area (Å²) in [6.45, 7) is 0. The van der Waals surface area contributed by atoms with Crippen LogP contribution in [0.1, 0.15) is 0 Å². The molecular formula is C52H33N3. The first-order chi connectivity index (χ1) is 27.3. The fraction of sp³-hybridized carbons (Fsp3) is 0. The second-order valence-electron chi connectivity index (χ2n) is 14.6. The molecule has 12 rings (SSSR count). The number of hydrogen-bond acceptors (Lipinski definition) is 0. The number of para-hydroxylation sites is 4. The maximum absolute atomic E-state index is 2.44. The summed E-state index contributed by atoms with van der Waals surface area (Å²) in [5, 5.41) is 10.0. The number of hydrogen-bond donors (Lipinski definition) is 0. The summed E-state index contributed by atoms with van der Waals surface area (Å²) in [5.41, 5.74) is 13.1. The zero-order chi connectivity index (χ0) is 36.0. The van der Waals surface area contributed by atoms with Gasteiger partial charge in [0.05, 0.1) is 33.1 Å². The Hall–Kier alpha value is -7.36. The van der Waals surface area contributed by atoms with Gasteiger partial charge in [-0.15, -0.1) is 0 Å². The Balaban J connectivity index is 1.05. The minimum absolute atomic E-state index is 1.14. The standard InChI is InChI=1S/C52H33N3/c1-2-14-38(15-3-1)53-47-19-9-6-16-41(47)44-29-25-37(31-50(44)53)35-22-26-39(27-23-35)54-48-20-10-7-17-42(48)45-32-46-43-18-8-11-21-49(43)55(52(46)33-51(45)54)40-28-24-34-12-4-5-13-36(34)30-40/h1-33H. The normalized spacial score (nSPS) is 12.0. The molecule has 0 spiro atoms. The molecule has 3 heterocycles. The summed E-state index contributed by atoms with van der Waals surface area (Å²) in [6.07, 6.45) is 0. The van der Waals surface area contributed by atoms with Gasteiger partial charge in [-0.25, -0.2) is 0 Å². The van der Waals surface area contributed by atoms with E-state index in [0.717, 1.165) is 5.69 Å². The Morgan fingerprint density at radius 2 is 0.673 bits per heavy atom. The molecule has 256 valence electrons. The predicted octanol–water partition coefficient (Wildman–Crippen LogP) is 13.8. The zero-order valence-electron chi connectivity index (χ0n) is 29.9. The summed E-state index contributed by atoms with van der Waals surface area (Å²) < 4.78 is 7.26. The molecule has 3 nitrogen and oxygen atoms in total. The second-order valence-corrected chi connectivity index (χ2v) is 14.6. The molecule has 3 heteroatoms. The highest BCUT2D eigenvalue weighted by Gasteiger charge is 2.19. The zero-order valence-corrected chi connectivity index (χ0v) is 29.9. The van der Waals surface area contributed by atoms with Crippen LogP contribution in [0.2, 0.25) is 0 Å². The van der Waals surface area contributed by atoms with E-state index in [-0.39, 0.29) is 0 Å². The molecule has 0 aliphatic rings. The average molecular weight is 700 g/mol. The summed E-state index contributed by atoms with van der Waals surface area (Å²) in [7, 11) is 0. The first-order valence-electron chi connectivity index (χ1n) is 18.9. The molecule has 0 bridgehead atoms. The van der Waals surface area contributed by atoms with Crippen molar-refractivity contribution in [2.24, 2.45) is 0 Å². The highest BCUT2D eigenvalue weighted by atomic mass is 15.0. The van der Waals surface area contributed by atoms with Gasteiger partial charge in [-0.3, -0.25) is 0 Å². The lowest BCUT2D eigenvalue weighted by Crippen LogP contribution is -1.96. The molecule has 0 radical (unpaired) electrons. The number of rotatable bonds is 4. The predicted molar refractivity (Wildman–Crippen MR) is 232 cm³/mol. The minimum atomic E-state index is 1.14. The maximum atomic E-state index is 2.44. The third kappa shape index (κ3) is 4.44. The summed E-state index contributed by atoms with van der Waals surface area (Å²) >= 11 is 0. The summed E-state index contributed by atoms with van der Waals surface area (Å²) in [5.74, 6) is 0. The van der Waals surface area contributed by atoms with E-state index in [1.54, 1.807) is 0 Å². The van der Waals surface area contributed by atoms with Gasteiger partial charge in [0.15, 0.2) is 0 Å². The monoisotopic (exact) mass is 699 g/mol. The van der Waals surface area contributed by atoms with E-state index in [9.17, 15) is 0 Å². The highest BCUT2D eigenvalue weighted by Crippen LogP contribution is 2.41. The molecule has 0 saturated carbocycles. The SMILES string of the molecule is c1ccc(-n2c3ccccc3c3ccc(-c4ccc(-n5c6ccccc6c6cc7c8ccccc8n(-c8ccc9ccccc9c8)c7cc65)cc4)cc32)cc1. The molecule has 0 atom stereocenters. The van der Waals surface area contributed by atoms with E-state index in [1.165, 1.54) is 98.7 Å². The van der Waals surface area contributed by atoms with E-state index in [0.29, 0.717) is 0 Å². The topological polar surface area (TPSA) is 14.8 Å². The average Bonchev–Trinajstić information content (AvgIpc) is 3.88. The van der Waals surface area contributed by atoms with E-state index in [4.69, 9.17) is 0 Å². The van der Waals surface area contributed by atoms with Gasteiger partial charge in [0, 0.05) is 49.4 Å². The molecule has 0 saturated heterocycles. The van der Waals surface area contributed by atoms with Crippen LogP contribution in [0.5, 0.6) is 0 Å². The van der Waals surface area contributed by atoms with Crippen LogP contribution in [-0.2, 0) is 0 Å². The van der Waals surface area contributed by atoms with Crippen LogP contribution in [0.15, 0.2) is 200 Å². The third-order valence-corrected chi connectivity index (χ3v) is 11.6. The number of aromatic nitrogens is 3. The van der Waals surface area contributed by atoms with Crippen molar-refractivity contribution in [1.82, 2.24) is 13.7 Å². The number of fused-ring (bicyclic) bond motifs is 10. The van der Waals surface area contributed by atoms with Crippen molar-refractivity contribution in [2.75, 3.05) is 0 Å². The van der Waals surface area contributed by atoms with Crippen LogP contribution < -0.4 is 0 Å². The first kappa shape index (κ1) is 30.1. The number of nitrogens with zero attached hydrogens (tertiary/aromatic N) is 3. The molecule has 55 heavy (non-hydrogen) atoms. The third-order valence-electron chi connectivity index (χ3n) is 11.6. The van der Waals surface area contributed by atoms with Crippen LogP contribution >= 0.6 is 0 Å². The molecule has 0 fully saturated rings. The van der Waals surface area contributed by atoms with Crippen molar-refractivity contribution in [1.29, 1.82) is 0 Å². The van der Waals surface area contributed by atoms with Crippen molar-refractivity contribution in [3.8, 4) is 28.2 Å². The fourth-order valence-electron chi connectivity index (χ4n) is 9.11. The van der Waals surface area contributed by atoms with Crippen LogP contribution in [-0.4, -0.2) is 13.7 Å². The van der Waals surface area contributed by atoms with Gasteiger partial charge in [-0.1, -0.05) is 127 Å². The highest BCUT2D eigenvalue weighted by molar-refractivity contribution is 6.19. The molecular weight excluding hydrogens is 667 g/mol. The van der Waals surface area contributed by atoms with E-state index >= 15 is 0 Å². The van der Waals surface area contributed by atoms with Crippen molar-refractivity contribution >= 4 is 76.2 Å². The quantitative estimate of drug-likeness (QED) is 0.174. The fourth-order valence-corrected chi connectivity index (χ4v) is 9.11. The maximum Gasteiger partial charge on any atom is 0.0562 e. The van der Waals surface area contributed by atoms with Crippen molar-refractivity contribution in [3.05, 3.63) is 200 Å². The van der Waals surface area contributed by atoms with E-state index in [1.807, 2.05) is 0 Å². The van der Waals surface area contributed by atoms with Crippen molar-refractivity contribution in [3.63, 3.8) is 0 Å². The molecule has 0 aliphatic carbocycles. The Morgan fingerprint density at radius 1 is 0.218 bits per heavy atom.